The van der Waals surface area contributed by atoms with Crippen LogP contribution in [0.15, 0.2) is 0 Å². The van der Waals surface area contributed by atoms with Crippen molar-refractivity contribution in [2.24, 2.45) is 11.8 Å². The summed E-state index contributed by atoms with van der Waals surface area (Å²) in [5.41, 5.74) is -0.525. The van der Waals surface area contributed by atoms with Crippen LogP contribution in [-0.4, -0.2) is 41.1 Å². The number of rotatable bonds is 3. The van der Waals surface area contributed by atoms with Gasteiger partial charge in [0.1, 0.15) is 11.8 Å². The average molecular weight is 334 g/mol. The molecule has 3 unspecified atom stereocenters. The molecular weight excluding hydrogens is 304 g/mol. The predicted molar refractivity (Wildman–Crippen MR) is 90.1 cm³/mol. The van der Waals surface area contributed by atoms with Gasteiger partial charge in [-0.25, -0.2) is 0 Å². The van der Waals surface area contributed by atoms with E-state index in [2.05, 4.69) is 12.2 Å². The lowest BCUT2D eigenvalue weighted by Crippen LogP contribution is -2.58. The molecule has 3 atom stereocenters. The van der Waals surface area contributed by atoms with Crippen LogP contribution in [0.4, 0.5) is 0 Å². The summed E-state index contributed by atoms with van der Waals surface area (Å²) in [6.07, 6.45) is 10.4. The Morgan fingerprint density at radius 3 is 2.50 bits per heavy atom. The molecule has 4 aliphatic rings. The van der Waals surface area contributed by atoms with E-state index in [1.165, 1.54) is 6.42 Å². The molecule has 1 aliphatic heterocycles. The topological polar surface area (TPSA) is 58.6 Å². The Morgan fingerprint density at radius 1 is 1.08 bits per heavy atom. The monoisotopic (exact) mass is 334 g/mol. The molecule has 2 amide bonds. The number of nitrogens with zero attached hydrogens (tertiary/aromatic N) is 1. The Bertz CT molecular complexity index is 513. The van der Waals surface area contributed by atoms with Gasteiger partial charge in [0, 0.05) is 12.0 Å². The SMILES string of the molecule is CC1CCCC2(C1)OCC(C(=O)NC1CC1)N2C(=O)C1CCCC1. The molecule has 5 heteroatoms. The lowest BCUT2D eigenvalue weighted by Gasteiger charge is -2.44. The van der Waals surface area contributed by atoms with Gasteiger partial charge in [0.05, 0.1) is 6.61 Å². The second kappa shape index (κ2) is 6.32. The minimum absolute atomic E-state index is 0.000974. The van der Waals surface area contributed by atoms with E-state index in [9.17, 15) is 9.59 Å². The van der Waals surface area contributed by atoms with Crippen LogP contribution in [0.1, 0.15) is 71.1 Å². The maximum absolute atomic E-state index is 13.3. The molecule has 0 aromatic heterocycles. The van der Waals surface area contributed by atoms with Crippen LogP contribution in [0.3, 0.4) is 0 Å². The van der Waals surface area contributed by atoms with Crippen LogP contribution in [0, 0.1) is 11.8 Å². The minimum atomic E-state index is -0.525. The van der Waals surface area contributed by atoms with Gasteiger partial charge in [-0.1, -0.05) is 26.2 Å². The normalized spacial score (nSPS) is 37.1. The fraction of sp³-hybridized carbons (Fsp3) is 0.895. The number of ether oxygens (including phenoxy) is 1. The van der Waals surface area contributed by atoms with Gasteiger partial charge in [0.25, 0.3) is 0 Å². The molecule has 134 valence electrons. The molecule has 1 spiro atoms. The number of carbonyl (C=O) groups is 2. The van der Waals surface area contributed by atoms with Crippen molar-refractivity contribution < 1.29 is 14.3 Å². The molecule has 4 rings (SSSR count). The van der Waals surface area contributed by atoms with E-state index >= 15 is 0 Å². The zero-order valence-corrected chi connectivity index (χ0v) is 14.8. The van der Waals surface area contributed by atoms with Crippen LogP contribution < -0.4 is 5.32 Å². The first-order valence-electron chi connectivity index (χ1n) is 9.86. The van der Waals surface area contributed by atoms with Crippen LogP contribution in [0.5, 0.6) is 0 Å². The quantitative estimate of drug-likeness (QED) is 0.863. The first-order chi connectivity index (χ1) is 11.6. The zero-order valence-electron chi connectivity index (χ0n) is 14.8. The molecule has 0 aromatic rings. The van der Waals surface area contributed by atoms with Crippen LogP contribution in [0.2, 0.25) is 0 Å². The standard InChI is InChI=1S/C19H30N2O3/c1-13-5-4-10-19(11-13)21(18(23)14-6-2-3-7-14)16(12-24-19)17(22)20-15-8-9-15/h13-16H,2-12H2,1H3,(H,20,22). The van der Waals surface area contributed by atoms with E-state index < -0.39 is 11.8 Å². The molecule has 0 radical (unpaired) electrons. The van der Waals surface area contributed by atoms with Crippen molar-refractivity contribution in [3.05, 3.63) is 0 Å². The molecule has 1 N–H and O–H groups in total. The molecular formula is C19H30N2O3. The van der Waals surface area contributed by atoms with Crippen molar-refractivity contribution >= 4 is 11.8 Å². The third-order valence-electron chi connectivity index (χ3n) is 6.36. The fourth-order valence-electron chi connectivity index (χ4n) is 4.93. The number of amides is 2. The largest absolute Gasteiger partial charge is 0.353 e. The third kappa shape index (κ3) is 2.96. The molecule has 3 aliphatic carbocycles. The first-order valence-corrected chi connectivity index (χ1v) is 9.86. The van der Waals surface area contributed by atoms with Gasteiger partial charge in [0.2, 0.25) is 11.8 Å². The third-order valence-corrected chi connectivity index (χ3v) is 6.36. The summed E-state index contributed by atoms with van der Waals surface area (Å²) in [7, 11) is 0. The van der Waals surface area contributed by atoms with Crippen molar-refractivity contribution in [1.82, 2.24) is 10.2 Å². The first kappa shape index (κ1) is 16.4. The summed E-state index contributed by atoms with van der Waals surface area (Å²) < 4.78 is 6.23. The second-order valence-electron chi connectivity index (χ2n) is 8.45. The van der Waals surface area contributed by atoms with Crippen LogP contribution >= 0.6 is 0 Å². The Labute approximate surface area is 144 Å². The van der Waals surface area contributed by atoms with E-state index in [0.717, 1.165) is 57.8 Å². The molecule has 4 fully saturated rings. The fourth-order valence-corrected chi connectivity index (χ4v) is 4.93. The highest BCUT2D eigenvalue weighted by molar-refractivity contribution is 5.90. The predicted octanol–water partition coefficient (Wildman–Crippen LogP) is 2.59. The van der Waals surface area contributed by atoms with E-state index in [1.807, 2.05) is 4.90 Å². The van der Waals surface area contributed by atoms with Crippen molar-refractivity contribution in [2.75, 3.05) is 6.61 Å². The van der Waals surface area contributed by atoms with Crippen molar-refractivity contribution in [2.45, 2.75) is 88.9 Å². The summed E-state index contributed by atoms with van der Waals surface area (Å²) in [5, 5.41) is 3.09. The zero-order chi connectivity index (χ0) is 16.7. The molecule has 1 heterocycles. The Kier molecular flexibility index (Phi) is 4.31. The Hall–Kier alpha value is -1.10. The smallest absolute Gasteiger partial charge is 0.245 e. The highest BCUT2D eigenvalue weighted by Crippen LogP contribution is 2.44. The number of hydrogen-bond acceptors (Lipinski definition) is 3. The van der Waals surface area contributed by atoms with Crippen molar-refractivity contribution in [1.29, 1.82) is 0 Å². The van der Waals surface area contributed by atoms with E-state index in [-0.39, 0.29) is 17.7 Å². The summed E-state index contributed by atoms with van der Waals surface area (Å²) >= 11 is 0. The Morgan fingerprint density at radius 2 is 1.83 bits per heavy atom. The van der Waals surface area contributed by atoms with Gasteiger partial charge >= 0.3 is 0 Å². The molecule has 0 aromatic carbocycles. The summed E-state index contributed by atoms with van der Waals surface area (Å²) in [4.78, 5) is 28.0. The number of carbonyl (C=O) groups excluding carboxylic acids is 2. The van der Waals surface area contributed by atoms with Gasteiger partial charge in [0.15, 0.2) is 0 Å². The van der Waals surface area contributed by atoms with E-state index in [4.69, 9.17) is 4.74 Å². The van der Waals surface area contributed by atoms with Gasteiger partial charge in [-0.05, 0) is 50.9 Å². The highest BCUT2D eigenvalue weighted by Gasteiger charge is 2.55. The van der Waals surface area contributed by atoms with Gasteiger partial charge in [-0.2, -0.15) is 0 Å². The van der Waals surface area contributed by atoms with E-state index in [0.29, 0.717) is 18.6 Å². The van der Waals surface area contributed by atoms with Crippen LogP contribution in [0.25, 0.3) is 0 Å². The second-order valence-corrected chi connectivity index (χ2v) is 8.45. The number of nitrogens with one attached hydrogen (secondary N) is 1. The van der Waals surface area contributed by atoms with E-state index in [1.54, 1.807) is 0 Å². The summed E-state index contributed by atoms with van der Waals surface area (Å²) in [6, 6.07) is -0.105. The molecule has 3 saturated carbocycles. The van der Waals surface area contributed by atoms with Crippen LogP contribution in [-0.2, 0) is 14.3 Å². The minimum Gasteiger partial charge on any atom is -0.353 e. The van der Waals surface area contributed by atoms with Gasteiger partial charge < -0.3 is 10.1 Å². The molecule has 24 heavy (non-hydrogen) atoms. The molecule has 0 bridgehead atoms. The lowest BCUT2D eigenvalue weighted by atomic mass is 9.82. The van der Waals surface area contributed by atoms with Crippen molar-refractivity contribution in [3.63, 3.8) is 0 Å². The number of hydrogen-bond donors (Lipinski definition) is 1. The van der Waals surface area contributed by atoms with Crippen molar-refractivity contribution in [3.8, 4) is 0 Å². The molecule has 1 saturated heterocycles. The average Bonchev–Trinajstić information content (AvgIpc) is 3.08. The summed E-state index contributed by atoms with van der Waals surface area (Å²) in [6.45, 7) is 2.60. The highest BCUT2D eigenvalue weighted by atomic mass is 16.5. The van der Waals surface area contributed by atoms with Gasteiger partial charge in [-0.3, -0.25) is 14.5 Å². The maximum Gasteiger partial charge on any atom is 0.245 e. The van der Waals surface area contributed by atoms with Gasteiger partial charge in [-0.15, -0.1) is 0 Å². The maximum atomic E-state index is 13.3. The molecule has 5 nitrogen and oxygen atoms in total. The Balaban J connectivity index is 1.58. The summed E-state index contributed by atoms with van der Waals surface area (Å²) in [5.74, 6) is 0.814. The lowest BCUT2D eigenvalue weighted by molar-refractivity contribution is -0.166.